The number of para-hydroxylation sites is 1. The van der Waals surface area contributed by atoms with E-state index in [4.69, 9.17) is 0 Å². The van der Waals surface area contributed by atoms with Crippen LogP contribution in [0.15, 0.2) is 41.5 Å². The molecule has 0 saturated heterocycles. The van der Waals surface area contributed by atoms with Crippen LogP contribution in [0.5, 0.6) is 11.5 Å². The number of phenols is 2. The zero-order valence-corrected chi connectivity index (χ0v) is 15.5. The van der Waals surface area contributed by atoms with E-state index in [0.29, 0.717) is 24.8 Å². The molecule has 0 aliphatic carbocycles. The number of allylic oxidation sites excluding steroid dienone is 4. The highest BCUT2D eigenvalue weighted by Gasteiger charge is 2.20. The molecule has 3 N–H and O–H groups in total. The molecule has 0 spiro atoms. The number of phenolic OH excluding ortho intramolecular Hbond substituents is 2. The lowest BCUT2D eigenvalue weighted by molar-refractivity contribution is 0.0431. The van der Waals surface area contributed by atoms with Gasteiger partial charge in [-0.15, -0.1) is 0 Å². The summed E-state index contributed by atoms with van der Waals surface area (Å²) in [5, 5.41) is 29.8. The van der Waals surface area contributed by atoms with Crippen molar-refractivity contribution in [3.8, 4) is 11.5 Å². The summed E-state index contributed by atoms with van der Waals surface area (Å²) >= 11 is 0. The first-order chi connectivity index (χ1) is 11.2. The van der Waals surface area contributed by atoms with Crippen molar-refractivity contribution in [2.45, 2.75) is 71.8 Å². The molecule has 1 atom stereocenters. The van der Waals surface area contributed by atoms with E-state index in [2.05, 4.69) is 32.9 Å². The lowest BCUT2D eigenvalue weighted by Gasteiger charge is -2.23. The second-order valence-electron chi connectivity index (χ2n) is 7.19. The normalized spacial score (nSPS) is 14.3. The highest BCUT2D eigenvalue weighted by Crippen LogP contribution is 2.31. The van der Waals surface area contributed by atoms with Crippen molar-refractivity contribution in [1.29, 1.82) is 0 Å². The molecule has 0 radical (unpaired) electrons. The van der Waals surface area contributed by atoms with E-state index in [9.17, 15) is 15.3 Å². The standard InChI is InChI=1S/C21H32O3/c1-16(2)8-5-9-17(3)10-7-14-21(4,24)15-13-18-11-6-12-19(22)20(18)23/h6,8,10-12,22-24H,5,7,9,13-15H2,1-4H3/b17-10+. The van der Waals surface area contributed by atoms with Gasteiger partial charge in [-0.2, -0.15) is 0 Å². The van der Waals surface area contributed by atoms with E-state index in [0.717, 1.165) is 19.3 Å². The molecule has 0 aromatic heterocycles. The van der Waals surface area contributed by atoms with Crippen molar-refractivity contribution in [2.75, 3.05) is 0 Å². The Hall–Kier alpha value is -1.74. The summed E-state index contributed by atoms with van der Waals surface area (Å²) in [6.07, 6.45) is 9.20. The zero-order valence-electron chi connectivity index (χ0n) is 15.5. The van der Waals surface area contributed by atoms with Crippen LogP contribution in [0.4, 0.5) is 0 Å². The van der Waals surface area contributed by atoms with E-state index in [-0.39, 0.29) is 11.5 Å². The minimum absolute atomic E-state index is 0.0803. The molecule has 0 heterocycles. The van der Waals surface area contributed by atoms with Crippen molar-refractivity contribution in [3.63, 3.8) is 0 Å². The molecule has 0 saturated carbocycles. The van der Waals surface area contributed by atoms with Gasteiger partial charge in [0, 0.05) is 0 Å². The molecule has 3 heteroatoms. The predicted octanol–water partition coefficient (Wildman–Crippen LogP) is 5.25. The van der Waals surface area contributed by atoms with Crippen LogP contribution in [0.1, 0.15) is 65.4 Å². The van der Waals surface area contributed by atoms with Crippen molar-refractivity contribution in [3.05, 3.63) is 47.1 Å². The maximum atomic E-state index is 10.5. The molecule has 3 nitrogen and oxygen atoms in total. The fraction of sp³-hybridized carbons (Fsp3) is 0.524. The number of benzene rings is 1. The molecular weight excluding hydrogens is 300 g/mol. The Morgan fingerprint density at radius 3 is 2.42 bits per heavy atom. The van der Waals surface area contributed by atoms with Crippen LogP contribution in [-0.2, 0) is 6.42 Å². The maximum Gasteiger partial charge on any atom is 0.160 e. The molecule has 0 amide bonds. The molecule has 1 rings (SSSR count). The smallest absolute Gasteiger partial charge is 0.160 e. The van der Waals surface area contributed by atoms with Crippen LogP contribution in [0.25, 0.3) is 0 Å². The molecule has 1 unspecified atom stereocenters. The highest BCUT2D eigenvalue weighted by atomic mass is 16.3. The van der Waals surface area contributed by atoms with Gasteiger partial charge in [0.1, 0.15) is 0 Å². The Kier molecular flexibility index (Phi) is 8.06. The van der Waals surface area contributed by atoms with Crippen LogP contribution in [0.3, 0.4) is 0 Å². The van der Waals surface area contributed by atoms with Crippen molar-refractivity contribution in [2.24, 2.45) is 0 Å². The molecule has 0 aliphatic heterocycles. The molecule has 24 heavy (non-hydrogen) atoms. The molecule has 0 bridgehead atoms. The third-order valence-corrected chi connectivity index (χ3v) is 4.30. The largest absolute Gasteiger partial charge is 0.504 e. The number of rotatable bonds is 9. The Labute approximate surface area is 146 Å². The van der Waals surface area contributed by atoms with E-state index < -0.39 is 5.60 Å². The average Bonchev–Trinajstić information content (AvgIpc) is 2.48. The minimum Gasteiger partial charge on any atom is -0.504 e. The number of aryl methyl sites for hydroxylation is 1. The van der Waals surface area contributed by atoms with E-state index in [1.54, 1.807) is 12.1 Å². The van der Waals surface area contributed by atoms with Crippen molar-refractivity contribution >= 4 is 0 Å². The first kappa shape index (κ1) is 20.3. The second kappa shape index (κ2) is 9.53. The van der Waals surface area contributed by atoms with Gasteiger partial charge in [0.05, 0.1) is 5.60 Å². The second-order valence-corrected chi connectivity index (χ2v) is 7.19. The molecule has 0 aliphatic rings. The first-order valence-electron chi connectivity index (χ1n) is 8.72. The molecule has 1 aromatic rings. The van der Waals surface area contributed by atoms with Gasteiger partial charge in [-0.05, 0) is 77.8 Å². The molecular formula is C21H32O3. The Bertz CT molecular complexity index is 579. The Morgan fingerprint density at radius 1 is 1.04 bits per heavy atom. The fourth-order valence-corrected chi connectivity index (χ4v) is 2.63. The SMILES string of the molecule is CC(C)=CCC/C(C)=C/CCC(C)(O)CCc1cccc(O)c1O. The van der Waals surface area contributed by atoms with E-state index in [1.807, 2.05) is 6.92 Å². The summed E-state index contributed by atoms with van der Waals surface area (Å²) in [6.45, 7) is 8.19. The lowest BCUT2D eigenvalue weighted by Crippen LogP contribution is -2.24. The third-order valence-electron chi connectivity index (χ3n) is 4.30. The highest BCUT2D eigenvalue weighted by molar-refractivity contribution is 5.44. The number of hydrogen-bond acceptors (Lipinski definition) is 3. The Balaban J connectivity index is 2.43. The fourth-order valence-electron chi connectivity index (χ4n) is 2.63. The summed E-state index contributed by atoms with van der Waals surface area (Å²) in [5.41, 5.74) is 2.59. The molecule has 134 valence electrons. The first-order valence-corrected chi connectivity index (χ1v) is 8.72. The summed E-state index contributed by atoms with van der Waals surface area (Å²) in [4.78, 5) is 0. The summed E-state index contributed by atoms with van der Waals surface area (Å²) in [5.74, 6) is -0.189. The monoisotopic (exact) mass is 332 g/mol. The molecule has 1 aromatic carbocycles. The summed E-state index contributed by atoms with van der Waals surface area (Å²) in [7, 11) is 0. The summed E-state index contributed by atoms with van der Waals surface area (Å²) < 4.78 is 0. The van der Waals surface area contributed by atoms with Crippen LogP contribution in [0, 0.1) is 0 Å². The Morgan fingerprint density at radius 2 is 1.75 bits per heavy atom. The van der Waals surface area contributed by atoms with Crippen molar-refractivity contribution in [1.82, 2.24) is 0 Å². The van der Waals surface area contributed by atoms with E-state index >= 15 is 0 Å². The van der Waals surface area contributed by atoms with Crippen LogP contribution in [-0.4, -0.2) is 20.9 Å². The van der Waals surface area contributed by atoms with Crippen molar-refractivity contribution < 1.29 is 15.3 Å². The number of aliphatic hydroxyl groups is 1. The van der Waals surface area contributed by atoms with Gasteiger partial charge in [0.25, 0.3) is 0 Å². The topological polar surface area (TPSA) is 60.7 Å². The number of aromatic hydroxyl groups is 2. The van der Waals surface area contributed by atoms with Gasteiger partial charge in [0.15, 0.2) is 11.5 Å². The quantitative estimate of drug-likeness (QED) is 0.427. The number of hydrogen-bond donors (Lipinski definition) is 3. The average molecular weight is 332 g/mol. The molecule has 0 fully saturated rings. The van der Waals surface area contributed by atoms with Gasteiger partial charge in [-0.1, -0.05) is 35.4 Å². The zero-order chi connectivity index (χ0) is 18.2. The predicted molar refractivity (Wildman–Crippen MR) is 100 cm³/mol. The lowest BCUT2D eigenvalue weighted by atomic mass is 9.91. The minimum atomic E-state index is -0.783. The van der Waals surface area contributed by atoms with Crippen LogP contribution < -0.4 is 0 Å². The van der Waals surface area contributed by atoms with Gasteiger partial charge >= 0.3 is 0 Å². The maximum absolute atomic E-state index is 10.5. The van der Waals surface area contributed by atoms with Gasteiger partial charge in [-0.3, -0.25) is 0 Å². The van der Waals surface area contributed by atoms with Gasteiger partial charge in [-0.25, -0.2) is 0 Å². The van der Waals surface area contributed by atoms with Gasteiger partial charge in [0.2, 0.25) is 0 Å². The van der Waals surface area contributed by atoms with Crippen LogP contribution in [0.2, 0.25) is 0 Å². The summed E-state index contributed by atoms with van der Waals surface area (Å²) in [6, 6.07) is 4.94. The van der Waals surface area contributed by atoms with Gasteiger partial charge < -0.3 is 15.3 Å². The van der Waals surface area contributed by atoms with Crippen LogP contribution >= 0.6 is 0 Å². The van der Waals surface area contributed by atoms with E-state index in [1.165, 1.54) is 17.2 Å². The third kappa shape index (κ3) is 7.69.